The average Bonchev–Trinajstić information content (AvgIpc) is 2.76. The van der Waals surface area contributed by atoms with Gasteiger partial charge in [-0.25, -0.2) is 0 Å². The van der Waals surface area contributed by atoms with E-state index < -0.39 is 5.97 Å². The zero-order valence-electron chi connectivity index (χ0n) is 10.4. The number of aromatic nitrogens is 3. The lowest BCUT2D eigenvalue weighted by Crippen LogP contribution is -2.12. The maximum absolute atomic E-state index is 10.6. The van der Waals surface area contributed by atoms with Crippen molar-refractivity contribution in [1.29, 1.82) is 0 Å². The Morgan fingerprint density at radius 3 is 2.78 bits per heavy atom. The molecule has 1 aromatic rings. The average molecular weight is 291 g/mol. The van der Waals surface area contributed by atoms with Crippen LogP contribution in [0.2, 0.25) is 0 Å². The van der Waals surface area contributed by atoms with Crippen molar-refractivity contribution in [2.45, 2.75) is 31.1 Å². The number of hydrogen-bond acceptors (Lipinski definition) is 6. The van der Waals surface area contributed by atoms with Gasteiger partial charge < -0.3 is 14.8 Å². The first-order valence-corrected chi connectivity index (χ1v) is 7.86. The molecule has 0 aliphatic heterocycles. The largest absolute Gasteiger partial charge is 0.481 e. The van der Waals surface area contributed by atoms with Crippen LogP contribution in [0, 0.1) is 0 Å². The van der Waals surface area contributed by atoms with Crippen molar-refractivity contribution in [3.8, 4) is 0 Å². The van der Waals surface area contributed by atoms with E-state index in [-0.39, 0.29) is 18.4 Å². The summed E-state index contributed by atoms with van der Waals surface area (Å²) in [5.41, 5.74) is 0. The third kappa shape index (κ3) is 4.18. The fraction of sp³-hybridized carbons (Fsp3) is 0.700. The molecule has 8 heteroatoms. The highest BCUT2D eigenvalue weighted by atomic mass is 32.2. The molecule has 0 aromatic carbocycles. The van der Waals surface area contributed by atoms with Crippen molar-refractivity contribution < 1.29 is 15.0 Å². The zero-order valence-corrected chi connectivity index (χ0v) is 12.0. The molecule has 0 aliphatic carbocycles. The van der Waals surface area contributed by atoms with Gasteiger partial charge in [-0.2, -0.15) is 11.8 Å². The van der Waals surface area contributed by atoms with Gasteiger partial charge in [-0.05, 0) is 25.4 Å². The van der Waals surface area contributed by atoms with Crippen LogP contribution in [0.1, 0.15) is 25.2 Å². The first-order chi connectivity index (χ1) is 8.60. The third-order valence-corrected chi connectivity index (χ3v) is 3.95. The smallest absolute Gasteiger partial charge is 0.313 e. The maximum atomic E-state index is 10.6. The second-order valence-corrected chi connectivity index (χ2v) is 5.67. The molecule has 0 radical (unpaired) electrons. The Balaban J connectivity index is 2.83. The Kier molecular flexibility index (Phi) is 6.51. The summed E-state index contributed by atoms with van der Waals surface area (Å²) < 4.78 is 1.82. The van der Waals surface area contributed by atoms with Crippen molar-refractivity contribution in [3.63, 3.8) is 0 Å². The van der Waals surface area contributed by atoms with E-state index in [0.29, 0.717) is 11.0 Å². The molecule has 18 heavy (non-hydrogen) atoms. The van der Waals surface area contributed by atoms with E-state index in [4.69, 9.17) is 5.11 Å². The first-order valence-electron chi connectivity index (χ1n) is 5.48. The van der Waals surface area contributed by atoms with Crippen LogP contribution in [-0.2, 0) is 11.4 Å². The lowest BCUT2D eigenvalue weighted by atomic mass is 10.2. The minimum Gasteiger partial charge on any atom is -0.481 e. The summed E-state index contributed by atoms with van der Waals surface area (Å²) in [6, 6.07) is 0.144. The minimum absolute atomic E-state index is 0.0567. The van der Waals surface area contributed by atoms with Gasteiger partial charge in [0.15, 0.2) is 11.0 Å². The summed E-state index contributed by atoms with van der Waals surface area (Å²) in [6.45, 7) is 1.83. The number of nitrogens with zero attached hydrogens (tertiary/aromatic N) is 3. The number of carboxylic acids is 1. The highest BCUT2D eigenvalue weighted by molar-refractivity contribution is 7.99. The molecule has 1 unspecified atom stereocenters. The van der Waals surface area contributed by atoms with Gasteiger partial charge >= 0.3 is 5.97 Å². The van der Waals surface area contributed by atoms with Crippen molar-refractivity contribution in [2.75, 3.05) is 17.8 Å². The van der Waals surface area contributed by atoms with Gasteiger partial charge in [-0.3, -0.25) is 4.79 Å². The van der Waals surface area contributed by atoms with Crippen LogP contribution in [0.5, 0.6) is 0 Å². The molecule has 0 bridgehead atoms. The normalized spacial score (nSPS) is 12.6. The molecule has 1 rings (SSSR count). The molecule has 0 aliphatic rings. The molecule has 0 fully saturated rings. The quantitative estimate of drug-likeness (QED) is 0.697. The van der Waals surface area contributed by atoms with E-state index in [0.717, 1.165) is 23.9 Å². The number of aliphatic carboxylic acids is 1. The number of thioether (sulfide) groups is 2. The van der Waals surface area contributed by atoms with Crippen LogP contribution >= 0.6 is 23.5 Å². The molecule has 2 N–H and O–H groups in total. The molecular weight excluding hydrogens is 274 g/mol. The lowest BCUT2D eigenvalue weighted by molar-refractivity contribution is -0.133. The molecule has 0 amide bonds. The third-order valence-electron chi connectivity index (χ3n) is 2.38. The molecule has 0 saturated heterocycles. The Morgan fingerprint density at radius 2 is 2.22 bits per heavy atom. The van der Waals surface area contributed by atoms with E-state index in [2.05, 4.69) is 10.2 Å². The molecule has 1 heterocycles. The maximum Gasteiger partial charge on any atom is 0.313 e. The summed E-state index contributed by atoms with van der Waals surface area (Å²) in [6.07, 6.45) is 2.96. The highest BCUT2D eigenvalue weighted by Gasteiger charge is 2.17. The number of aliphatic hydroxyl groups is 1. The molecule has 1 atom stereocenters. The van der Waals surface area contributed by atoms with E-state index in [1.807, 2.05) is 17.7 Å². The van der Waals surface area contributed by atoms with E-state index in [9.17, 15) is 9.90 Å². The minimum atomic E-state index is -0.892. The van der Waals surface area contributed by atoms with E-state index >= 15 is 0 Å². The molecule has 6 nitrogen and oxygen atoms in total. The number of carbonyl (C=O) groups is 1. The molecule has 0 spiro atoms. The van der Waals surface area contributed by atoms with Crippen molar-refractivity contribution >= 4 is 29.5 Å². The first kappa shape index (κ1) is 15.3. The lowest BCUT2D eigenvalue weighted by Gasteiger charge is -2.16. The number of aliphatic hydroxyl groups excluding tert-OH is 1. The van der Waals surface area contributed by atoms with E-state index in [1.165, 1.54) is 0 Å². The molecule has 102 valence electrons. The Bertz CT molecular complexity index is 398. The highest BCUT2D eigenvalue weighted by Crippen LogP contribution is 2.24. The van der Waals surface area contributed by atoms with Crippen molar-refractivity contribution in [1.82, 2.24) is 14.8 Å². The Hall–Kier alpha value is -0.730. The second kappa shape index (κ2) is 7.65. The summed E-state index contributed by atoms with van der Waals surface area (Å²) >= 11 is 2.87. The van der Waals surface area contributed by atoms with Gasteiger partial charge in [0, 0.05) is 6.04 Å². The SMILES string of the molecule is CSCCC(C)n1c(CO)nnc1SCC(=O)O. The van der Waals surface area contributed by atoms with Gasteiger partial charge in [-0.1, -0.05) is 11.8 Å². The number of hydrogen-bond donors (Lipinski definition) is 2. The summed E-state index contributed by atoms with van der Waals surface area (Å²) in [5.74, 6) is 0.528. The number of rotatable bonds is 8. The second-order valence-electron chi connectivity index (χ2n) is 3.74. The van der Waals surface area contributed by atoms with Crippen LogP contribution < -0.4 is 0 Å². The fourth-order valence-corrected chi connectivity index (χ4v) is 2.85. The summed E-state index contributed by atoms with van der Waals surface area (Å²) in [4.78, 5) is 10.6. The van der Waals surface area contributed by atoms with Crippen LogP contribution in [0.15, 0.2) is 5.16 Å². The van der Waals surface area contributed by atoms with Gasteiger partial charge in [0.1, 0.15) is 6.61 Å². The van der Waals surface area contributed by atoms with Gasteiger partial charge in [-0.15, -0.1) is 10.2 Å². The summed E-state index contributed by atoms with van der Waals surface area (Å²) in [7, 11) is 0. The fourth-order valence-electron chi connectivity index (χ4n) is 1.50. The Morgan fingerprint density at radius 1 is 1.50 bits per heavy atom. The van der Waals surface area contributed by atoms with Crippen LogP contribution in [0.4, 0.5) is 0 Å². The van der Waals surface area contributed by atoms with Crippen LogP contribution in [0.25, 0.3) is 0 Å². The van der Waals surface area contributed by atoms with Gasteiger partial charge in [0.25, 0.3) is 0 Å². The zero-order chi connectivity index (χ0) is 13.5. The van der Waals surface area contributed by atoms with Crippen LogP contribution in [0.3, 0.4) is 0 Å². The van der Waals surface area contributed by atoms with Crippen LogP contribution in [-0.4, -0.2) is 48.7 Å². The van der Waals surface area contributed by atoms with Crippen molar-refractivity contribution in [3.05, 3.63) is 5.82 Å². The molecule has 0 saturated carbocycles. The Labute approximate surface area is 114 Å². The molecule has 1 aromatic heterocycles. The topological polar surface area (TPSA) is 88.2 Å². The molecular formula is C10H17N3O3S2. The van der Waals surface area contributed by atoms with Gasteiger partial charge in [0.2, 0.25) is 0 Å². The monoisotopic (exact) mass is 291 g/mol. The summed E-state index contributed by atoms with van der Waals surface area (Å²) in [5, 5.41) is 26.3. The van der Waals surface area contributed by atoms with Crippen molar-refractivity contribution in [2.24, 2.45) is 0 Å². The standard InChI is InChI=1S/C10H17N3O3S2/c1-7(3-4-17-2)13-8(5-14)11-12-10(13)18-6-9(15)16/h7,14H,3-6H2,1-2H3,(H,15,16). The van der Waals surface area contributed by atoms with Gasteiger partial charge in [0.05, 0.1) is 5.75 Å². The predicted octanol–water partition coefficient (Wildman–Crippen LogP) is 1.26. The number of carboxylic acid groups (broad SMARTS) is 1. The van der Waals surface area contributed by atoms with E-state index in [1.54, 1.807) is 11.8 Å². The predicted molar refractivity (Wildman–Crippen MR) is 72.0 cm³/mol.